The summed E-state index contributed by atoms with van der Waals surface area (Å²) in [4.78, 5) is 11.0. The summed E-state index contributed by atoms with van der Waals surface area (Å²) in [7, 11) is 1.59. The zero-order valence-electron chi connectivity index (χ0n) is 11.0. The Morgan fingerprint density at radius 1 is 1.33 bits per heavy atom. The molecular weight excluding hydrogens is 287 g/mol. The number of nitrogens with one attached hydrogen (secondary N) is 1. The maximum Gasteiger partial charge on any atom is 0.416 e. The molecule has 2 aromatic rings. The van der Waals surface area contributed by atoms with E-state index in [1.54, 1.807) is 7.05 Å². The van der Waals surface area contributed by atoms with Crippen molar-refractivity contribution in [3.8, 4) is 0 Å². The van der Waals surface area contributed by atoms with Crippen molar-refractivity contribution in [2.45, 2.75) is 12.7 Å². The van der Waals surface area contributed by atoms with Crippen molar-refractivity contribution in [3.05, 3.63) is 47.3 Å². The largest absolute Gasteiger partial charge is 0.478 e. The number of benzene rings is 1. The molecule has 0 aliphatic rings. The van der Waals surface area contributed by atoms with Crippen LogP contribution in [-0.4, -0.2) is 20.9 Å². The molecular formula is C13H12F3N3O2. The zero-order valence-corrected chi connectivity index (χ0v) is 11.0. The zero-order chi connectivity index (χ0) is 15.6. The third-order valence-corrected chi connectivity index (χ3v) is 2.96. The van der Waals surface area contributed by atoms with Gasteiger partial charge in [-0.15, -0.1) is 0 Å². The minimum Gasteiger partial charge on any atom is -0.478 e. The van der Waals surface area contributed by atoms with E-state index in [4.69, 9.17) is 5.11 Å². The minimum atomic E-state index is -4.38. The summed E-state index contributed by atoms with van der Waals surface area (Å²) in [6, 6.07) is 4.51. The Labute approximate surface area is 118 Å². The number of aromatic nitrogens is 2. The molecule has 5 nitrogen and oxygen atoms in total. The molecule has 0 spiro atoms. The number of alkyl halides is 3. The van der Waals surface area contributed by atoms with Crippen molar-refractivity contribution in [1.82, 2.24) is 9.78 Å². The van der Waals surface area contributed by atoms with Gasteiger partial charge in [0.05, 0.1) is 24.0 Å². The van der Waals surface area contributed by atoms with E-state index in [0.29, 0.717) is 11.4 Å². The van der Waals surface area contributed by atoms with Gasteiger partial charge in [-0.1, -0.05) is 0 Å². The number of hydrogen-bond donors (Lipinski definition) is 2. The van der Waals surface area contributed by atoms with Crippen LogP contribution in [0.25, 0.3) is 0 Å². The lowest BCUT2D eigenvalue weighted by Gasteiger charge is -2.10. The lowest BCUT2D eigenvalue weighted by Crippen LogP contribution is -2.10. The molecule has 2 N–H and O–H groups in total. The molecule has 0 saturated carbocycles. The van der Waals surface area contributed by atoms with Crippen LogP contribution in [0, 0.1) is 0 Å². The van der Waals surface area contributed by atoms with Gasteiger partial charge in [0.2, 0.25) is 0 Å². The molecule has 112 valence electrons. The molecule has 2 rings (SSSR count). The summed E-state index contributed by atoms with van der Waals surface area (Å²) in [6.45, 7) is 0.142. The predicted molar refractivity (Wildman–Crippen MR) is 68.9 cm³/mol. The average Bonchev–Trinajstić information content (AvgIpc) is 2.77. The molecule has 0 fully saturated rings. The average molecular weight is 299 g/mol. The maximum absolute atomic E-state index is 12.4. The highest BCUT2D eigenvalue weighted by Crippen LogP contribution is 2.29. The summed E-state index contributed by atoms with van der Waals surface area (Å²) < 4.78 is 38.7. The second-order valence-electron chi connectivity index (χ2n) is 4.36. The standard InChI is InChI=1S/C13H12F3N3O2/c1-19-11(10(6-18-19)12(20)21)7-17-9-4-2-8(3-5-9)13(14,15)16/h2-6,17H,7H2,1H3,(H,20,21). The van der Waals surface area contributed by atoms with Gasteiger partial charge in [0, 0.05) is 12.7 Å². The molecule has 1 heterocycles. The fourth-order valence-corrected chi connectivity index (χ4v) is 1.81. The van der Waals surface area contributed by atoms with Gasteiger partial charge in [0.25, 0.3) is 0 Å². The Morgan fingerprint density at radius 3 is 2.48 bits per heavy atom. The number of carboxylic acids is 1. The first-order valence-electron chi connectivity index (χ1n) is 5.94. The van der Waals surface area contributed by atoms with E-state index >= 15 is 0 Å². The smallest absolute Gasteiger partial charge is 0.416 e. The molecule has 0 bridgehead atoms. The number of carbonyl (C=O) groups is 1. The number of nitrogens with zero attached hydrogens (tertiary/aromatic N) is 2. The summed E-state index contributed by atoms with van der Waals surface area (Å²) in [5.74, 6) is -1.10. The molecule has 0 aliphatic carbocycles. The topological polar surface area (TPSA) is 67.2 Å². The lowest BCUT2D eigenvalue weighted by molar-refractivity contribution is -0.137. The Hall–Kier alpha value is -2.51. The second kappa shape index (κ2) is 5.47. The van der Waals surface area contributed by atoms with E-state index in [1.807, 2.05) is 0 Å². The second-order valence-corrected chi connectivity index (χ2v) is 4.36. The number of hydrogen-bond acceptors (Lipinski definition) is 3. The van der Waals surface area contributed by atoms with Crippen LogP contribution in [0.4, 0.5) is 18.9 Å². The number of carboxylic acid groups (broad SMARTS) is 1. The van der Waals surface area contributed by atoms with Gasteiger partial charge < -0.3 is 10.4 Å². The van der Waals surface area contributed by atoms with Gasteiger partial charge in [0.15, 0.2) is 0 Å². The molecule has 0 unspecified atom stereocenters. The van der Waals surface area contributed by atoms with E-state index in [0.717, 1.165) is 12.1 Å². The van der Waals surface area contributed by atoms with Crippen LogP contribution in [0.15, 0.2) is 30.5 Å². The number of rotatable bonds is 4. The van der Waals surface area contributed by atoms with Crippen LogP contribution in [0.1, 0.15) is 21.6 Å². The molecule has 0 amide bonds. The third-order valence-electron chi connectivity index (χ3n) is 2.96. The molecule has 0 radical (unpaired) electrons. The van der Waals surface area contributed by atoms with Gasteiger partial charge in [-0.3, -0.25) is 4.68 Å². The fraction of sp³-hybridized carbons (Fsp3) is 0.231. The quantitative estimate of drug-likeness (QED) is 0.911. The van der Waals surface area contributed by atoms with E-state index < -0.39 is 17.7 Å². The first kappa shape index (κ1) is 14.9. The summed E-state index contributed by atoms with van der Waals surface area (Å²) >= 11 is 0. The van der Waals surface area contributed by atoms with E-state index in [-0.39, 0.29) is 12.1 Å². The highest BCUT2D eigenvalue weighted by atomic mass is 19.4. The van der Waals surface area contributed by atoms with Crippen LogP contribution in [0.5, 0.6) is 0 Å². The Bertz CT molecular complexity index is 648. The molecule has 0 saturated heterocycles. The van der Waals surface area contributed by atoms with Crippen LogP contribution >= 0.6 is 0 Å². The maximum atomic E-state index is 12.4. The summed E-state index contributed by atoms with van der Waals surface area (Å²) in [5, 5.41) is 15.7. The molecule has 1 aromatic carbocycles. The van der Waals surface area contributed by atoms with Gasteiger partial charge in [-0.2, -0.15) is 18.3 Å². The summed E-state index contributed by atoms with van der Waals surface area (Å²) in [5.41, 5.74) is 0.208. The number of aryl methyl sites for hydroxylation is 1. The van der Waals surface area contributed by atoms with Gasteiger partial charge in [0.1, 0.15) is 5.56 Å². The molecule has 0 atom stereocenters. The molecule has 0 aliphatic heterocycles. The Morgan fingerprint density at radius 2 is 1.95 bits per heavy atom. The number of halogens is 3. The van der Waals surface area contributed by atoms with Crippen LogP contribution in [-0.2, 0) is 19.8 Å². The highest BCUT2D eigenvalue weighted by Gasteiger charge is 2.29. The first-order chi connectivity index (χ1) is 9.79. The van der Waals surface area contributed by atoms with Crippen LogP contribution in [0.3, 0.4) is 0 Å². The number of anilines is 1. The van der Waals surface area contributed by atoms with E-state index in [2.05, 4.69) is 10.4 Å². The lowest BCUT2D eigenvalue weighted by atomic mass is 10.2. The van der Waals surface area contributed by atoms with Gasteiger partial charge >= 0.3 is 12.1 Å². The Kier molecular flexibility index (Phi) is 3.88. The van der Waals surface area contributed by atoms with Crippen molar-refractivity contribution in [3.63, 3.8) is 0 Å². The van der Waals surface area contributed by atoms with Crippen molar-refractivity contribution in [1.29, 1.82) is 0 Å². The van der Waals surface area contributed by atoms with Crippen molar-refractivity contribution in [2.75, 3.05) is 5.32 Å². The van der Waals surface area contributed by atoms with Crippen molar-refractivity contribution >= 4 is 11.7 Å². The highest BCUT2D eigenvalue weighted by molar-refractivity contribution is 5.88. The SMILES string of the molecule is Cn1ncc(C(=O)O)c1CNc1ccc(C(F)(F)F)cc1. The van der Waals surface area contributed by atoms with E-state index in [1.165, 1.54) is 23.0 Å². The molecule has 21 heavy (non-hydrogen) atoms. The van der Waals surface area contributed by atoms with Crippen molar-refractivity contribution in [2.24, 2.45) is 7.05 Å². The van der Waals surface area contributed by atoms with Gasteiger partial charge in [-0.25, -0.2) is 4.79 Å². The summed E-state index contributed by atoms with van der Waals surface area (Å²) in [6.07, 6.45) is -3.15. The normalized spacial score (nSPS) is 11.4. The predicted octanol–water partition coefficient (Wildman–Crippen LogP) is 2.75. The number of aromatic carboxylic acids is 1. The minimum absolute atomic E-state index is 0.0527. The van der Waals surface area contributed by atoms with E-state index in [9.17, 15) is 18.0 Å². The van der Waals surface area contributed by atoms with Crippen molar-refractivity contribution < 1.29 is 23.1 Å². The van der Waals surface area contributed by atoms with Gasteiger partial charge in [-0.05, 0) is 24.3 Å². The Balaban J connectivity index is 2.10. The van der Waals surface area contributed by atoms with Crippen LogP contribution in [0.2, 0.25) is 0 Å². The first-order valence-corrected chi connectivity index (χ1v) is 5.94. The fourth-order valence-electron chi connectivity index (χ4n) is 1.81. The van der Waals surface area contributed by atoms with Crippen LogP contribution < -0.4 is 5.32 Å². The monoisotopic (exact) mass is 299 g/mol. The third kappa shape index (κ3) is 3.33. The molecule has 8 heteroatoms. The molecule has 1 aromatic heterocycles.